The van der Waals surface area contributed by atoms with E-state index in [1.54, 1.807) is 13.1 Å². The third kappa shape index (κ3) is 8.17. The zero-order valence-electron chi connectivity index (χ0n) is 18.4. The molecule has 3 rings (SSSR count). The Morgan fingerprint density at radius 3 is 2.48 bits per heavy atom. The van der Waals surface area contributed by atoms with Crippen LogP contribution in [0.3, 0.4) is 0 Å². The minimum absolute atomic E-state index is 0. The molecule has 0 saturated carbocycles. The van der Waals surface area contributed by atoms with Crippen molar-refractivity contribution in [1.82, 2.24) is 20.9 Å². The highest BCUT2D eigenvalue weighted by Crippen LogP contribution is 2.13. The SMILES string of the molecule is CN=C(NCCCNC(=O)c1occc1C)NC1CCN(Cc2ccccc2)CC1.I. The van der Waals surface area contributed by atoms with Gasteiger partial charge in [0, 0.05) is 51.4 Å². The van der Waals surface area contributed by atoms with E-state index in [9.17, 15) is 4.79 Å². The first kappa shape index (κ1) is 25.2. The summed E-state index contributed by atoms with van der Waals surface area (Å²) in [5.41, 5.74) is 2.22. The molecule has 8 heteroatoms. The molecule has 1 aliphatic rings. The van der Waals surface area contributed by atoms with Gasteiger partial charge in [-0.1, -0.05) is 30.3 Å². The summed E-state index contributed by atoms with van der Waals surface area (Å²) in [5, 5.41) is 9.75. The van der Waals surface area contributed by atoms with Crippen molar-refractivity contribution < 1.29 is 9.21 Å². The Labute approximate surface area is 202 Å². The number of hydrogen-bond donors (Lipinski definition) is 3. The largest absolute Gasteiger partial charge is 0.459 e. The lowest BCUT2D eigenvalue weighted by Crippen LogP contribution is -2.48. The number of nitrogens with one attached hydrogen (secondary N) is 3. The smallest absolute Gasteiger partial charge is 0.287 e. The number of hydrogen-bond acceptors (Lipinski definition) is 4. The van der Waals surface area contributed by atoms with Crippen molar-refractivity contribution in [2.45, 2.75) is 38.8 Å². The van der Waals surface area contributed by atoms with Crippen LogP contribution in [0.15, 0.2) is 52.1 Å². The number of piperidine rings is 1. The van der Waals surface area contributed by atoms with Crippen molar-refractivity contribution in [2.75, 3.05) is 33.2 Å². The minimum Gasteiger partial charge on any atom is -0.459 e. The Morgan fingerprint density at radius 2 is 1.84 bits per heavy atom. The number of benzene rings is 1. The van der Waals surface area contributed by atoms with Gasteiger partial charge in [-0.05, 0) is 37.8 Å². The topological polar surface area (TPSA) is 81.9 Å². The van der Waals surface area contributed by atoms with Gasteiger partial charge < -0.3 is 20.4 Å². The van der Waals surface area contributed by atoms with Crippen molar-refractivity contribution in [3.63, 3.8) is 0 Å². The summed E-state index contributed by atoms with van der Waals surface area (Å²) in [5.74, 6) is 1.05. The molecule has 0 bridgehead atoms. The molecular weight excluding hydrogens is 505 g/mol. The lowest BCUT2D eigenvalue weighted by Gasteiger charge is -2.33. The lowest BCUT2D eigenvalue weighted by molar-refractivity contribution is 0.0925. The zero-order valence-corrected chi connectivity index (χ0v) is 20.7. The normalized spacial score (nSPS) is 15.2. The van der Waals surface area contributed by atoms with Crippen molar-refractivity contribution in [3.05, 3.63) is 59.5 Å². The number of rotatable bonds is 8. The number of carbonyl (C=O) groups is 1. The molecular formula is C23H34IN5O2. The molecule has 1 aromatic heterocycles. The number of aryl methyl sites for hydroxylation is 1. The van der Waals surface area contributed by atoms with Crippen molar-refractivity contribution in [2.24, 2.45) is 4.99 Å². The highest BCUT2D eigenvalue weighted by Gasteiger charge is 2.20. The van der Waals surface area contributed by atoms with E-state index in [0.29, 0.717) is 18.3 Å². The van der Waals surface area contributed by atoms with Crippen LogP contribution in [0.2, 0.25) is 0 Å². The molecule has 1 aliphatic heterocycles. The van der Waals surface area contributed by atoms with Gasteiger partial charge in [0.2, 0.25) is 0 Å². The number of guanidine groups is 1. The fourth-order valence-corrected chi connectivity index (χ4v) is 3.65. The maximum Gasteiger partial charge on any atom is 0.287 e. The van der Waals surface area contributed by atoms with Crippen LogP contribution in [0.5, 0.6) is 0 Å². The number of likely N-dealkylation sites (tertiary alicyclic amines) is 1. The first-order valence-corrected chi connectivity index (χ1v) is 10.7. The second-order valence-corrected chi connectivity index (χ2v) is 7.72. The summed E-state index contributed by atoms with van der Waals surface area (Å²) in [6, 6.07) is 12.9. The van der Waals surface area contributed by atoms with Crippen molar-refractivity contribution >= 4 is 35.8 Å². The number of halogens is 1. The summed E-state index contributed by atoms with van der Waals surface area (Å²) < 4.78 is 5.20. The van der Waals surface area contributed by atoms with E-state index >= 15 is 0 Å². The van der Waals surface area contributed by atoms with Gasteiger partial charge in [-0.3, -0.25) is 14.7 Å². The number of amides is 1. The number of furan rings is 1. The molecule has 170 valence electrons. The van der Waals surface area contributed by atoms with Gasteiger partial charge in [0.1, 0.15) is 0 Å². The predicted molar refractivity (Wildman–Crippen MR) is 135 cm³/mol. The van der Waals surface area contributed by atoms with Crippen LogP contribution < -0.4 is 16.0 Å². The van der Waals surface area contributed by atoms with Crippen LogP contribution in [0.4, 0.5) is 0 Å². The zero-order chi connectivity index (χ0) is 21.2. The Morgan fingerprint density at radius 1 is 1.13 bits per heavy atom. The van der Waals surface area contributed by atoms with Gasteiger partial charge in [-0.15, -0.1) is 24.0 Å². The molecule has 7 nitrogen and oxygen atoms in total. The molecule has 1 amide bonds. The van der Waals surface area contributed by atoms with E-state index in [2.05, 4.69) is 56.2 Å². The van der Waals surface area contributed by atoms with Crippen LogP contribution in [-0.2, 0) is 6.54 Å². The highest BCUT2D eigenvalue weighted by molar-refractivity contribution is 14.0. The van der Waals surface area contributed by atoms with E-state index in [1.165, 1.54) is 11.8 Å². The summed E-state index contributed by atoms with van der Waals surface area (Å²) >= 11 is 0. The molecule has 1 fully saturated rings. The third-order valence-electron chi connectivity index (χ3n) is 5.40. The third-order valence-corrected chi connectivity index (χ3v) is 5.40. The number of nitrogens with zero attached hydrogens (tertiary/aromatic N) is 2. The van der Waals surface area contributed by atoms with Gasteiger partial charge in [0.25, 0.3) is 5.91 Å². The Bertz CT molecular complexity index is 816. The monoisotopic (exact) mass is 539 g/mol. The van der Waals surface area contributed by atoms with Crippen LogP contribution in [0.25, 0.3) is 0 Å². The minimum atomic E-state index is -0.165. The average molecular weight is 539 g/mol. The van der Waals surface area contributed by atoms with Gasteiger partial charge in [-0.2, -0.15) is 0 Å². The highest BCUT2D eigenvalue weighted by atomic mass is 127. The van der Waals surface area contributed by atoms with E-state index < -0.39 is 0 Å². The predicted octanol–water partition coefficient (Wildman–Crippen LogP) is 3.16. The van der Waals surface area contributed by atoms with Crippen LogP contribution >= 0.6 is 24.0 Å². The second-order valence-electron chi connectivity index (χ2n) is 7.72. The fourth-order valence-electron chi connectivity index (χ4n) is 3.65. The van der Waals surface area contributed by atoms with Gasteiger partial charge in [-0.25, -0.2) is 0 Å². The quantitative estimate of drug-likeness (QED) is 0.208. The standard InChI is InChI=1S/C23H33N5O2.HI/c1-18-11-16-30-21(18)22(29)25-12-6-13-26-23(24-2)27-20-9-14-28(15-10-20)17-19-7-4-3-5-8-19;/h3-5,7-8,11,16,20H,6,9-10,12-15,17H2,1-2H3,(H,25,29)(H2,24,26,27);1H. The maximum atomic E-state index is 12.0. The molecule has 2 aromatic rings. The molecule has 0 aliphatic carbocycles. The van der Waals surface area contributed by atoms with E-state index in [4.69, 9.17) is 4.42 Å². The first-order chi connectivity index (χ1) is 14.7. The van der Waals surface area contributed by atoms with Crippen LogP contribution in [0.1, 0.15) is 40.9 Å². The second kappa shape index (κ2) is 13.4. The van der Waals surface area contributed by atoms with E-state index in [1.807, 2.05) is 6.92 Å². The summed E-state index contributed by atoms with van der Waals surface area (Å²) in [6.45, 7) is 6.37. The lowest BCUT2D eigenvalue weighted by atomic mass is 10.0. The molecule has 3 N–H and O–H groups in total. The number of carbonyl (C=O) groups excluding carboxylic acids is 1. The van der Waals surface area contributed by atoms with Crippen molar-refractivity contribution in [1.29, 1.82) is 0 Å². The molecule has 0 atom stereocenters. The molecule has 1 aromatic carbocycles. The Balaban J connectivity index is 0.00000341. The molecule has 0 spiro atoms. The summed E-state index contributed by atoms with van der Waals surface area (Å²) in [4.78, 5) is 18.9. The van der Waals surface area contributed by atoms with Crippen LogP contribution in [0, 0.1) is 6.92 Å². The Hall–Kier alpha value is -2.07. The molecule has 31 heavy (non-hydrogen) atoms. The summed E-state index contributed by atoms with van der Waals surface area (Å²) in [7, 11) is 1.79. The Kier molecular flexibility index (Phi) is 10.9. The van der Waals surface area contributed by atoms with Crippen LogP contribution in [-0.4, -0.2) is 56.0 Å². The molecule has 0 unspecified atom stereocenters. The van der Waals surface area contributed by atoms with Gasteiger partial charge >= 0.3 is 0 Å². The van der Waals surface area contributed by atoms with Gasteiger partial charge in [0.05, 0.1) is 6.26 Å². The average Bonchev–Trinajstić information content (AvgIpc) is 3.20. The molecule has 2 heterocycles. The maximum absolute atomic E-state index is 12.0. The van der Waals surface area contributed by atoms with Gasteiger partial charge in [0.15, 0.2) is 11.7 Å². The van der Waals surface area contributed by atoms with E-state index in [0.717, 1.165) is 57.0 Å². The molecule has 1 saturated heterocycles. The molecule has 0 radical (unpaired) electrons. The first-order valence-electron chi connectivity index (χ1n) is 10.7. The van der Waals surface area contributed by atoms with E-state index in [-0.39, 0.29) is 29.9 Å². The summed E-state index contributed by atoms with van der Waals surface area (Å²) in [6.07, 6.45) is 4.55. The fraction of sp³-hybridized carbons (Fsp3) is 0.478. The number of aliphatic imine (C=N–C) groups is 1. The van der Waals surface area contributed by atoms with Crippen molar-refractivity contribution in [3.8, 4) is 0 Å².